The molecule has 24 heavy (non-hydrogen) atoms. The number of hydrogen-bond donors (Lipinski definition) is 3. The Kier molecular flexibility index (Phi) is 5.85. The van der Waals surface area contributed by atoms with Crippen molar-refractivity contribution < 1.29 is 14.4 Å². The number of nitrogens with one attached hydrogen (secondary N) is 3. The molecule has 5 nitrogen and oxygen atoms in total. The largest absolute Gasteiger partial charge is 0.370 e. The van der Waals surface area contributed by atoms with Crippen LogP contribution in [0.25, 0.3) is 0 Å². The van der Waals surface area contributed by atoms with Crippen molar-refractivity contribution >= 4 is 23.1 Å². The van der Waals surface area contributed by atoms with E-state index in [1.54, 1.807) is 11.3 Å². The van der Waals surface area contributed by atoms with Crippen molar-refractivity contribution in [2.24, 2.45) is 0 Å². The van der Waals surface area contributed by atoms with Gasteiger partial charge in [0.1, 0.15) is 19.1 Å². The number of urea groups is 1. The number of ether oxygens (including phenoxy) is 1. The smallest absolute Gasteiger partial charge is 0.319 e. The number of quaternary nitrogens is 1. The number of morpholine rings is 1. The third-order valence-corrected chi connectivity index (χ3v) is 5.27. The summed E-state index contributed by atoms with van der Waals surface area (Å²) in [5, 5.41) is 8.10. The predicted octanol–water partition coefficient (Wildman–Crippen LogP) is 1.91. The van der Waals surface area contributed by atoms with Gasteiger partial charge in [-0.25, -0.2) is 4.79 Å². The van der Waals surface area contributed by atoms with E-state index in [0.29, 0.717) is 0 Å². The van der Waals surface area contributed by atoms with Gasteiger partial charge in [-0.3, -0.25) is 0 Å². The van der Waals surface area contributed by atoms with Crippen molar-refractivity contribution in [3.63, 3.8) is 0 Å². The first-order valence-corrected chi connectivity index (χ1v) is 9.20. The maximum absolute atomic E-state index is 12.3. The average Bonchev–Trinajstić information content (AvgIpc) is 3.11. The van der Waals surface area contributed by atoms with E-state index in [9.17, 15) is 4.79 Å². The molecule has 6 heteroatoms. The van der Waals surface area contributed by atoms with E-state index in [-0.39, 0.29) is 18.1 Å². The van der Waals surface area contributed by atoms with E-state index in [0.717, 1.165) is 32.0 Å². The molecule has 1 aromatic carbocycles. The van der Waals surface area contributed by atoms with Crippen molar-refractivity contribution in [2.45, 2.75) is 19.0 Å². The first-order chi connectivity index (χ1) is 11.7. The van der Waals surface area contributed by atoms with Crippen LogP contribution in [0.3, 0.4) is 0 Å². The first kappa shape index (κ1) is 17.0. The lowest BCUT2D eigenvalue weighted by Crippen LogP contribution is -3.15. The summed E-state index contributed by atoms with van der Waals surface area (Å²) >= 11 is 1.75. The molecular weight excluding hydrogens is 322 g/mol. The zero-order chi connectivity index (χ0) is 16.8. The number of rotatable bonds is 5. The first-order valence-electron chi connectivity index (χ1n) is 8.32. The van der Waals surface area contributed by atoms with Crippen LogP contribution in [0.4, 0.5) is 10.5 Å². The number of thiophene rings is 1. The van der Waals surface area contributed by atoms with Crippen molar-refractivity contribution in [1.82, 2.24) is 5.32 Å². The molecule has 128 valence electrons. The molecule has 2 amide bonds. The minimum absolute atomic E-state index is 0.0282. The Morgan fingerprint density at radius 3 is 2.58 bits per heavy atom. The fraction of sp³-hybridized carbons (Fsp3) is 0.389. The van der Waals surface area contributed by atoms with E-state index in [1.807, 2.05) is 30.3 Å². The number of amides is 2. The Balaban J connectivity index is 1.66. The average molecular weight is 346 g/mol. The SMILES string of the molecule is C[C@H](NC(=O)Nc1ccccc1)[C@@H](c1cccs1)[NH+]1CCOCC1. The van der Waals surface area contributed by atoms with Gasteiger partial charge < -0.3 is 20.3 Å². The highest BCUT2D eigenvalue weighted by molar-refractivity contribution is 7.10. The fourth-order valence-corrected chi connectivity index (χ4v) is 4.18. The molecule has 0 saturated carbocycles. The van der Waals surface area contributed by atoms with Crippen LogP contribution in [0.5, 0.6) is 0 Å². The normalized spacial score (nSPS) is 17.9. The van der Waals surface area contributed by atoms with Gasteiger partial charge in [0.05, 0.1) is 24.1 Å². The predicted molar refractivity (Wildman–Crippen MR) is 96.6 cm³/mol. The maximum atomic E-state index is 12.3. The molecule has 1 aliphatic rings. The Morgan fingerprint density at radius 1 is 1.17 bits per heavy atom. The minimum atomic E-state index is -0.164. The topological polar surface area (TPSA) is 54.8 Å². The van der Waals surface area contributed by atoms with Crippen LogP contribution in [0.1, 0.15) is 17.8 Å². The molecule has 3 N–H and O–H groups in total. The van der Waals surface area contributed by atoms with Gasteiger partial charge in [-0.05, 0) is 30.5 Å². The summed E-state index contributed by atoms with van der Waals surface area (Å²) in [5.74, 6) is 0. The molecule has 1 saturated heterocycles. The number of anilines is 1. The summed E-state index contributed by atoms with van der Waals surface area (Å²) in [6, 6.07) is 13.9. The van der Waals surface area contributed by atoms with E-state index in [2.05, 4.69) is 35.1 Å². The van der Waals surface area contributed by atoms with Crippen molar-refractivity contribution in [1.29, 1.82) is 0 Å². The van der Waals surface area contributed by atoms with Crippen LogP contribution in [-0.4, -0.2) is 38.4 Å². The Morgan fingerprint density at radius 2 is 1.92 bits per heavy atom. The van der Waals surface area contributed by atoms with Crippen LogP contribution >= 0.6 is 11.3 Å². The zero-order valence-corrected chi connectivity index (χ0v) is 14.6. The Hall–Kier alpha value is -1.89. The summed E-state index contributed by atoms with van der Waals surface area (Å²) in [4.78, 5) is 15.1. The summed E-state index contributed by atoms with van der Waals surface area (Å²) in [6.07, 6.45) is 0. The monoisotopic (exact) mass is 346 g/mol. The molecule has 1 fully saturated rings. The molecule has 2 heterocycles. The van der Waals surface area contributed by atoms with Crippen LogP contribution in [0.15, 0.2) is 47.8 Å². The summed E-state index contributed by atoms with van der Waals surface area (Å²) < 4.78 is 5.49. The molecule has 0 aliphatic carbocycles. The summed E-state index contributed by atoms with van der Waals surface area (Å²) in [5.41, 5.74) is 0.800. The van der Waals surface area contributed by atoms with Crippen LogP contribution in [-0.2, 0) is 4.74 Å². The lowest BCUT2D eigenvalue weighted by Gasteiger charge is -2.34. The minimum Gasteiger partial charge on any atom is -0.370 e. The Bertz CT molecular complexity index is 627. The second-order valence-electron chi connectivity index (χ2n) is 6.02. The number of benzene rings is 1. The van der Waals surface area contributed by atoms with E-state index >= 15 is 0 Å². The highest BCUT2D eigenvalue weighted by atomic mass is 32.1. The molecule has 0 radical (unpaired) electrons. The highest BCUT2D eigenvalue weighted by Gasteiger charge is 2.33. The zero-order valence-electron chi connectivity index (χ0n) is 13.8. The number of carbonyl (C=O) groups excluding carboxylic acids is 1. The van der Waals surface area contributed by atoms with E-state index in [1.165, 1.54) is 9.78 Å². The number of para-hydroxylation sites is 1. The molecule has 0 bridgehead atoms. The van der Waals surface area contributed by atoms with Gasteiger partial charge in [0.15, 0.2) is 0 Å². The molecule has 1 aromatic heterocycles. The fourth-order valence-electron chi connectivity index (χ4n) is 3.19. The molecular formula is C18H24N3O2S+. The van der Waals surface area contributed by atoms with Gasteiger partial charge >= 0.3 is 6.03 Å². The van der Waals surface area contributed by atoms with E-state index < -0.39 is 0 Å². The van der Waals surface area contributed by atoms with Crippen LogP contribution in [0.2, 0.25) is 0 Å². The number of carbonyl (C=O) groups is 1. The van der Waals surface area contributed by atoms with E-state index in [4.69, 9.17) is 4.74 Å². The Labute approximate surface area is 146 Å². The van der Waals surface area contributed by atoms with Gasteiger partial charge in [-0.1, -0.05) is 24.3 Å². The molecule has 2 atom stereocenters. The number of hydrogen-bond acceptors (Lipinski definition) is 3. The van der Waals surface area contributed by atoms with Gasteiger partial charge in [0.2, 0.25) is 0 Å². The van der Waals surface area contributed by atoms with Gasteiger partial charge in [-0.2, -0.15) is 0 Å². The quantitative estimate of drug-likeness (QED) is 0.775. The van der Waals surface area contributed by atoms with Crippen molar-refractivity contribution in [2.75, 3.05) is 31.6 Å². The highest BCUT2D eigenvalue weighted by Crippen LogP contribution is 2.20. The second kappa shape index (κ2) is 8.28. The van der Waals surface area contributed by atoms with Gasteiger partial charge in [-0.15, -0.1) is 11.3 Å². The van der Waals surface area contributed by atoms with Crippen LogP contribution in [0, 0.1) is 0 Å². The second-order valence-corrected chi connectivity index (χ2v) is 7.00. The van der Waals surface area contributed by atoms with Crippen LogP contribution < -0.4 is 15.5 Å². The molecule has 0 spiro atoms. The van der Waals surface area contributed by atoms with Gasteiger partial charge in [0.25, 0.3) is 0 Å². The molecule has 3 rings (SSSR count). The van der Waals surface area contributed by atoms with Gasteiger partial charge in [0, 0.05) is 5.69 Å². The summed E-state index contributed by atoms with van der Waals surface area (Å²) in [6.45, 7) is 5.57. The van der Waals surface area contributed by atoms with Crippen molar-refractivity contribution in [3.8, 4) is 0 Å². The lowest BCUT2D eigenvalue weighted by molar-refractivity contribution is -0.939. The lowest BCUT2D eigenvalue weighted by atomic mass is 10.1. The third-order valence-electron chi connectivity index (χ3n) is 4.31. The molecule has 1 aliphatic heterocycles. The summed E-state index contributed by atoms with van der Waals surface area (Å²) in [7, 11) is 0. The standard InChI is InChI=1S/C18H23N3O2S/c1-14(19-18(22)20-15-6-3-2-4-7-15)17(16-8-5-13-24-16)21-9-11-23-12-10-21/h2-8,13-14,17H,9-12H2,1H3,(H2,19,20,22)/p+1/t14-,17-/m0/s1. The molecule has 0 unspecified atom stereocenters. The molecule has 2 aromatic rings. The maximum Gasteiger partial charge on any atom is 0.319 e. The third kappa shape index (κ3) is 4.35. The van der Waals surface area contributed by atoms with Crippen molar-refractivity contribution in [3.05, 3.63) is 52.7 Å².